The summed E-state index contributed by atoms with van der Waals surface area (Å²) in [5.41, 5.74) is 9.06. The predicted octanol–water partition coefficient (Wildman–Crippen LogP) is 0.157. The maximum atomic E-state index is 3.07. The molecule has 1 aliphatic rings. The van der Waals surface area contributed by atoms with E-state index < -0.39 is 0 Å². The monoisotopic (exact) mass is 192 g/mol. The van der Waals surface area contributed by atoms with Crippen molar-refractivity contribution in [3.8, 4) is 0 Å². The van der Waals surface area contributed by atoms with E-state index in [-0.39, 0.29) is 17.1 Å². The van der Waals surface area contributed by atoms with Crippen LogP contribution in [-0.2, 0) is 17.1 Å². The summed E-state index contributed by atoms with van der Waals surface area (Å²) in [6.45, 7) is 2.15. The second-order valence-electron chi connectivity index (χ2n) is 2.39. The molecule has 0 spiro atoms. The molecule has 0 aromatic carbocycles. The van der Waals surface area contributed by atoms with Crippen LogP contribution >= 0.6 is 0 Å². The molecule has 0 aromatic heterocycles. The summed E-state index contributed by atoms with van der Waals surface area (Å²) in [6, 6.07) is 0. The van der Waals surface area contributed by atoms with Crippen molar-refractivity contribution >= 4 is 0 Å². The van der Waals surface area contributed by atoms with Gasteiger partial charge in [-0.3, -0.25) is 0 Å². The minimum absolute atomic E-state index is 0. The zero-order valence-electron chi connectivity index (χ0n) is 6.04. The first-order valence-electron chi connectivity index (χ1n) is 3.71. The summed E-state index contributed by atoms with van der Waals surface area (Å²) in [6.07, 6.45) is 5.29. The van der Waals surface area contributed by atoms with Crippen LogP contribution in [0.2, 0.25) is 0 Å². The van der Waals surface area contributed by atoms with Gasteiger partial charge in [-0.2, -0.15) is 5.53 Å². The minimum Gasteiger partial charge on any atom is -0.244 e. The molecule has 0 aromatic rings. The molecular weight excluding hydrogens is 178 g/mol. The van der Waals surface area contributed by atoms with E-state index in [1.165, 1.54) is 25.7 Å². The van der Waals surface area contributed by atoms with E-state index in [0.29, 0.717) is 0 Å². The summed E-state index contributed by atoms with van der Waals surface area (Å²) in [5, 5.41) is 0. The summed E-state index contributed by atoms with van der Waals surface area (Å²) < 4.78 is 0. The zero-order chi connectivity index (χ0) is 6.36. The quantitative estimate of drug-likeness (QED) is 0.479. The summed E-state index contributed by atoms with van der Waals surface area (Å²) >= 11 is 0. The van der Waals surface area contributed by atoms with Crippen LogP contribution < -0.4 is 16.4 Å². The van der Waals surface area contributed by atoms with Crippen molar-refractivity contribution in [2.24, 2.45) is 0 Å². The molecule has 3 nitrogen and oxygen atoms in total. The van der Waals surface area contributed by atoms with Gasteiger partial charge in [-0.15, -0.1) is 0 Å². The van der Waals surface area contributed by atoms with Crippen molar-refractivity contribution in [1.82, 2.24) is 16.4 Å². The van der Waals surface area contributed by atoms with Gasteiger partial charge in [-0.1, -0.05) is 12.8 Å². The fraction of sp³-hybridized carbons (Fsp3) is 1.00. The van der Waals surface area contributed by atoms with Crippen LogP contribution in [0.4, 0.5) is 0 Å². The van der Waals surface area contributed by atoms with E-state index >= 15 is 0 Å². The van der Waals surface area contributed by atoms with Gasteiger partial charge in [-0.25, -0.2) is 10.9 Å². The Morgan fingerprint density at radius 1 is 0.700 bits per heavy atom. The molecule has 0 aliphatic carbocycles. The van der Waals surface area contributed by atoms with Crippen LogP contribution in [-0.4, -0.2) is 13.1 Å². The van der Waals surface area contributed by atoms with E-state index in [0.717, 1.165) is 13.1 Å². The van der Waals surface area contributed by atoms with Crippen molar-refractivity contribution in [1.29, 1.82) is 0 Å². The summed E-state index contributed by atoms with van der Waals surface area (Å²) in [4.78, 5) is 0. The minimum atomic E-state index is 0. The Labute approximate surface area is 72.7 Å². The fourth-order valence-corrected chi connectivity index (χ4v) is 0.968. The second kappa shape index (κ2) is 7.51. The SMILES string of the molecule is C1CCCNNNCC1.[Cu+2]. The second-order valence-corrected chi connectivity index (χ2v) is 2.39. The first-order chi connectivity index (χ1) is 4.50. The van der Waals surface area contributed by atoms with Crippen LogP contribution in [0, 0.1) is 0 Å². The molecule has 0 amide bonds. The number of hydrogen-bond donors (Lipinski definition) is 3. The molecule has 10 heavy (non-hydrogen) atoms. The normalized spacial score (nSPS) is 21.6. The average Bonchev–Trinajstić information content (AvgIpc) is 2.00. The van der Waals surface area contributed by atoms with E-state index in [2.05, 4.69) is 16.4 Å². The number of hydrogen-bond acceptors (Lipinski definition) is 3. The van der Waals surface area contributed by atoms with E-state index in [9.17, 15) is 0 Å². The molecule has 4 heteroatoms. The van der Waals surface area contributed by atoms with Gasteiger partial charge < -0.3 is 0 Å². The van der Waals surface area contributed by atoms with Crippen molar-refractivity contribution in [3.05, 3.63) is 0 Å². The molecule has 1 radical (unpaired) electrons. The van der Waals surface area contributed by atoms with Gasteiger partial charge in [0, 0.05) is 13.1 Å². The van der Waals surface area contributed by atoms with Crippen LogP contribution in [0.15, 0.2) is 0 Å². The fourth-order valence-electron chi connectivity index (χ4n) is 0.968. The average molecular weight is 193 g/mol. The van der Waals surface area contributed by atoms with Gasteiger partial charge in [0.15, 0.2) is 0 Å². The van der Waals surface area contributed by atoms with Crippen molar-refractivity contribution in [2.75, 3.05) is 13.1 Å². The molecule has 1 fully saturated rings. The number of nitrogens with one attached hydrogen (secondary N) is 3. The van der Waals surface area contributed by atoms with Gasteiger partial charge in [-0.05, 0) is 12.8 Å². The summed E-state index contributed by atoms with van der Waals surface area (Å²) in [5.74, 6) is 0. The van der Waals surface area contributed by atoms with Crippen LogP contribution in [0.5, 0.6) is 0 Å². The van der Waals surface area contributed by atoms with Crippen molar-refractivity contribution in [3.63, 3.8) is 0 Å². The molecule has 1 saturated heterocycles. The first-order valence-corrected chi connectivity index (χ1v) is 3.71. The molecule has 1 heterocycles. The molecular formula is C6H15CuN3+2. The van der Waals surface area contributed by atoms with Crippen LogP contribution in [0.1, 0.15) is 25.7 Å². The van der Waals surface area contributed by atoms with Crippen molar-refractivity contribution in [2.45, 2.75) is 25.7 Å². The van der Waals surface area contributed by atoms with E-state index in [4.69, 9.17) is 0 Å². The topological polar surface area (TPSA) is 36.1 Å². The van der Waals surface area contributed by atoms with Gasteiger partial charge in [0.1, 0.15) is 0 Å². The van der Waals surface area contributed by atoms with E-state index in [1.807, 2.05) is 0 Å². The number of rotatable bonds is 0. The zero-order valence-corrected chi connectivity index (χ0v) is 6.99. The Morgan fingerprint density at radius 3 is 1.70 bits per heavy atom. The maximum absolute atomic E-state index is 3.07. The molecule has 1 aliphatic heterocycles. The van der Waals surface area contributed by atoms with Crippen molar-refractivity contribution < 1.29 is 17.1 Å². The Balaban J connectivity index is 0.000000810. The van der Waals surface area contributed by atoms with Gasteiger partial charge >= 0.3 is 17.1 Å². The predicted molar refractivity (Wildman–Crippen MR) is 37.6 cm³/mol. The molecule has 0 bridgehead atoms. The standard InChI is InChI=1S/C6H15N3.Cu/c1-2-4-6-8-9-7-5-3-1;/h7-9H,1-6H2;/q;+2. The Hall–Kier alpha value is 0.399. The first kappa shape index (κ1) is 10.4. The summed E-state index contributed by atoms with van der Waals surface area (Å²) in [7, 11) is 0. The van der Waals surface area contributed by atoms with Gasteiger partial charge in [0.05, 0.1) is 0 Å². The number of hydrazine groups is 2. The smallest absolute Gasteiger partial charge is 0.244 e. The van der Waals surface area contributed by atoms with E-state index in [1.54, 1.807) is 0 Å². The Bertz CT molecular complexity index is 41.5. The molecule has 0 saturated carbocycles. The molecule has 3 N–H and O–H groups in total. The largest absolute Gasteiger partial charge is 2.00 e. The van der Waals surface area contributed by atoms with Crippen LogP contribution in [0.25, 0.3) is 0 Å². The van der Waals surface area contributed by atoms with Crippen LogP contribution in [0.3, 0.4) is 0 Å². The molecule has 0 unspecified atom stereocenters. The third kappa shape index (κ3) is 5.21. The maximum Gasteiger partial charge on any atom is 2.00 e. The van der Waals surface area contributed by atoms with Gasteiger partial charge in [0.2, 0.25) is 0 Å². The molecule has 0 atom stereocenters. The third-order valence-corrected chi connectivity index (χ3v) is 1.53. The Morgan fingerprint density at radius 2 is 1.20 bits per heavy atom. The molecule has 1 rings (SSSR count). The Kier molecular flexibility index (Phi) is 7.81. The third-order valence-electron chi connectivity index (χ3n) is 1.53. The molecule has 63 valence electrons. The van der Waals surface area contributed by atoms with Gasteiger partial charge in [0.25, 0.3) is 0 Å².